The molecule has 1 amide bonds. The zero-order valence-electron chi connectivity index (χ0n) is 18.5. The Labute approximate surface area is 199 Å². The molecule has 0 aromatic heterocycles. The van der Waals surface area contributed by atoms with Crippen LogP contribution in [-0.2, 0) is 4.79 Å². The van der Waals surface area contributed by atoms with E-state index >= 15 is 0 Å². The number of nitrogen functional groups attached to an aromatic ring is 1. The van der Waals surface area contributed by atoms with E-state index in [0.29, 0.717) is 5.69 Å². The van der Waals surface area contributed by atoms with Crippen LogP contribution in [0.4, 0.5) is 17.1 Å². The number of benzene rings is 4. The van der Waals surface area contributed by atoms with Gasteiger partial charge in [-0.1, -0.05) is 78.9 Å². The van der Waals surface area contributed by atoms with E-state index in [0.717, 1.165) is 22.5 Å². The van der Waals surface area contributed by atoms with Gasteiger partial charge >= 0.3 is 0 Å². The molecule has 0 aliphatic rings. The van der Waals surface area contributed by atoms with Crippen molar-refractivity contribution >= 4 is 23.0 Å². The first-order chi connectivity index (χ1) is 16.7. The smallest absolute Gasteiger partial charge is 0.264 e. The van der Waals surface area contributed by atoms with Gasteiger partial charge in [0.15, 0.2) is 0 Å². The molecule has 166 valence electrons. The van der Waals surface area contributed by atoms with E-state index in [4.69, 9.17) is 5.73 Å². The van der Waals surface area contributed by atoms with Crippen LogP contribution in [0.2, 0.25) is 0 Å². The predicted molar refractivity (Wildman–Crippen MR) is 136 cm³/mol. The molecule has 4 aromatic carbocycles. The number of carbonyl (C=O) groups excluding carboxylic acids is 1. The van der Waals surface area contributed by atoms with Crippen LogP contribution < -0.4 is 16.0 Å². The van der Waals surface area contributed by atoms with E-state index in [1.807, 2.05) is 103 Å². The average molecular weight is 445 g/mol. The number of hydrogen-bond donors (Lipinski definition) is 2. The molecule has 34 heavy (non-hydrogen) atoms. The lowest BCUT2D eigenvalue weighted by molar-refractivity contribution is -0.117. The Morgan fingerprint density at radius 2 is 1.24 bits per heavy atom. The number of nitriles is 1. The third-order valence-electron chi connectivity index (χ3n) is 5.37. The lowest BCUT2D eigenvalue weighted by Crippen LogP contribution is -2.31. The van der Waals surface area contributed by atoms with Crippen LogP contribution >= 0.6 is 0 Å². The van der Waals surface area contributed by atoms with Crippen molar-refractivity contribution in [1.82, 2.24) is 5.32 Å². The molecule has 0 saturated heterocycles. The van der Waals surface area contributed by atoms with Gasteiger partial charge in [-0.05, 0) is 47.5 Å². The first-order valence-electron chi connectivity index (χ1n) is 10.9. The molecule has 0 radical (unpaired) electrons. The summed E-state index contributed by atoms with van der Waals surface area (Å²) in [4.78, 5) is 15.1. The fourth-order valence-electron chi connectivity index (χ4n) is 3.65. The van der Waals surface area contributed by atoms with Crippen molar-refractivity contribution in [2.24, 2.45) is 0 Å². The minimum Gasteiger partial charge on any atom is -0.399 e. The van der Waals surface area contributed by atoms with Gasteiger partial charge in [0.05, 0.1) is 6.04 Å². The van der Waals surface area contributed by atoms with Crippen molar-refractivity contribution < 1.29 is 4.79 Å². The Kier molecular flexibility index (Phi) is 7.02. The molecule has 0 aliphatic carbocycles. The highest BCUT2D eigenvalue weighted by Crippen LogP contribution is 2.28. The van der Waals surface area contributed by atoms with Crippen LogP contribution in [0.3, 0.4) is 0 Å². The number of nitrogens with one attached hydrogen (secondary N) is 1. The average Bonchev–Trinajstić information content (AvgIpc) is 2.90. The highest BCUT2D eigenvalue weighted by atomic mass is 16.1. The van der Waals surface area contributed by atoms with E-state index in [1.54, 1.807) is 23.2 Å². The van der Waals surface area contributed by atoms with Crippen molar-refractivity contribution in [2.45, 2.75) is 6.04 Å². The topological polar surface area (TPSA) is 82.2 Å². The maximum absolute atomic E-state index is 13.3. The van der Waals surface area contributed by atoms with Gasteiger partial charge in [0.25, 0.3) is 5.91 Å². The van der Waals surface area contributed by atoms with E-state index in [2.05, 4.69) is 11.4 Å². The Hall–Kier alpha value is -4.82. The zero-order valence-corrected chi connectivity index (χ0v) is 18.5. The molecule has 0 fully saturated rings. The summed E-state index contributed by atoms with van der Waals surface area (Å²) in [6, 6.07) is 37.9. The SMILES string of the molecule is N#C/C(=C/N(c1ccccc1)c1ccc(N)cc1)C(=O)NC(c1ccccc1)c1ccccc1. The van der Waals surface area contributed by atoms with E-state index in [1.165, 1.54) is 0 Å². The van der Waals surface area contributed by atoms with Gasteiger partial charge in [0.2, 0.25) is 0 Å². The summed E-state index contributed by atoms with van der Waals surface area (Å²) in [5, 5.41) is 13.0. The number of nitrogens with two attached hydrogens (primary N) is 1. The summed E-state index contributed by atoms with van der Waals surface area (Å²) >= 11 is 0. The van der Waals surface area contributed by atoms with E-state index < -0.39 is 11.9 Å². The number of para-hydroxylation sites is 1. The van der Waals surface area contributed by atoms with Crippen molar-refractivity contribution in [3.63, 3.8) is 0 Å². The van der Waals surface area contributed by atoms with Crippen LogP contribution in [-0.4, -0.2) is 5.91 Å². The number of nitrogens with zero attached hydrogens (tertiary/aromatic N) is 2. The van der Waals surface area contributed by atoms with Crippen LogP contribution in [0.15, 0.2) is 127 Å². The van der Waals surface area contributed by atoms with Gasteiger partial charge in [0.1, 0.15) is 11.6 Å². The first kappa shape index (κ1) is 22.4. The molecule has 0 bridgehead atoms. The fraction of sp³-hybridized carbons (Fsp3) is 0.0345. The second-order valence-corrected chi connectivity index (χ2v) is 7.68. The van der Waals surface area contributed by atoms with Crippen LogP contribution in [0.5, 0.6) is 0 Å². The summed E-state index contributed by atoms with van der Waals surface area (Å²) in [6.45, 7) is 0. The van der Waals surface area contributed by atoms with Crippen LogP contribution in [0.25, 0.3) is 0 Å². The van der Waals surface area contributed by atoms with Crippen molar-refractivity contribution in [3.8, 4) is 6.07 Å². The molecule has 4 rings (SSSR count). The second-order valence-electron chi connectivity index (χ2n) is 7.68. The highest BCUT2D eigenvalue weighted by molar-refractivity contribution is 5.98. The third kappa shape index (κ3) is 5.32. The van der Waals surface area contributed by atoms with Crippen molar-refractivity contribution in [3.05, 3.63) is 138 Å². The van der Waals surface area contributed by atoms with Gasteiger partial charge < -0.3 is 16.0 Å². The summed E-state index contributed by atoms with van der Waals surface area (Å²) in [5.41, 5.74) is 9.93. The largest absolute Gasteiger partial charge is 0.399 e. The molecule has 0 atom stereocenters. The molecule has 0 aliphatic heterocycles. The Bertz CT molecular complexity index is 1260. The van der Waals surface area contributed by atoms with Gasteiger partial charge in [-0.2, -0.15) is 5.26 Å². The van der Waals surface area contributed by atoms with Crippen LogP contribution in [0.1, 0.15) is 17.2 Å². The fourth-order valence-corrected chi connectivity index (χ4v) is 3.65. The molecule has 0 spiro atoms. The minimum absolute atomic E-state index is 0.0162. The third-order valence-corrected chi connectivity index (χ3v) is 5.37. The maximum atomic E-state index is 13.3. The molecule has 0 unspecified atom stereocenters. The normalized spacial score (nSPS) is 11.0. The number of amides is 1. The van der Waals surface area contributed by atoms with Crippen LogP contribution in [0, 0.1) is 11.3 Å². The quantitative estimate of drug-likeness (QED) is 0.217. The van der Waals surface area contributed by atoms with Crippen molar-refractivity contribution in [1.29, 1.82) is 5.26 Å². The zero-order chi connectivity index (χ0) is 23.8. The summed E-state index contributed by atoms with van der Waals surface area (Å²) < 4.78 is 0. The molecule has 0 saturated carbocycles. The first-order valence-corrected chi connectivity index (χ1v) is 10.9. The molecule has 4 aromatic rings. The lowest BCUT2D eigenvalue weighted by Gasteiger charge is -2.23. The summed E-state index contributed by atoms with van der Waals surface area (Å²) in [6.07, 6.45) is 1.56. The molecule has 5 nitrogen and oxygen atoms in total. The highest BCUT2D eigenvalue weighted by Gasteiger charge is 2.20. The molecule has 0 heterocycles. The summed E-state index contributed by atoms with van der Waals surface area (Å²) in [7, 11) is 0. The van der Waals surface area contributed by atoms with Crippen molar-refractivity contribution in [2.75, 3.05) is 10.6 Å². The standard InChI is InChI=1S/C29H24N4O/c30-20-24(21-33(26-14-8-3-9-15-26)27-18-16-25(31)17-19-27)29(34)32-28(22-10-4-1-5-11-22)23-12-6-2-7-13-23/h1-19,21,28H,31H2,(H,32,34)/b24-21-. The Balaban J connectivity index is 1.70. The molecular formula is C29H24N4O. The minimum atomic E-state index is -0.461. The number of anilines is 3. The molecule has 5 heteroatoms. The number of rotatable bonds is 7. The predicted octanol–water partition coefficient (Wildman–Crippen LogP) is 5.72. The van der Waals surface area contributed by atoms with Gasteiger partial charge in [-0.15, -0.1) is 0 Å². The van der Waals surface area contributed by atoms with E-state index in [-0.39, 0.29) is 5.57 Å². The number of carbonyl (C=O) groups is 1. The monoisotopic (exact) mass is 444 g/mol. The second kappa shape index (κ2) is 10.7. The van der Waals surface area contributed by atoms with Gasteiger partial charge in [-0.3, -0.25) is 4.79 Å². The maximum Gasteiger partial charge on any atom is 0.264 e. The summed E-state index contributed by atoms with van der Waals surface area (Å²) in [5.74, 6) is -0.461. The lowest BCUT2D eigenvalue weighted by atomic mass is 9.98. The Morgan fingerprint density at radius 3 is 1.74 bits per heavy atom. The number of hydrogen-bond acceptors (Lipinski definition) is 4. The molecular weight excluding hydrogens is 420 g/mol. The Morgan fingerprint density at radius 1 is 0.765 bits per heavy atom. The van der Waals surface area contributed by atoms with Gasteiger partial charge in [0, 0.05) is 23.3 Å². The van der Waals surface area contributed by atoms with Gasteiger partial charge in [-0.25, -0.2) is 0 Å². The molecule has 3 N–H and O–H groups in total. The van der Waals surface area contributed by atoms with E-state index in [9.17, 15) is 10.1 Å².